The molecule has 0 spiro atoms. The minimum Gasteiger partial charge on any atom is -0.369 e. The van der Waals surface area contributed by atoms with E-state index < -0.39 is 33.9 Å². The number of likely N-dealkylation sites (N-methyl/N-ethyl adjacent to an activating group) is 1. The molecule has 30 heavy (non-hydrogen) atoms. The molecule has 1 aliphatic heterocycles. The Morgan fingerprint density at radius 1 is 1.13 bits per heavy atom. The largest absolute Gasteiger partial charge is 0.418 e. The summed E-state index contributed by atoms with van der Waals surface area (Å²) in [4.78, 5) is 27.1. The summed E-state index contributed by atoms with van der Waals surface area (Å²) in [7, 11) is 1.95. The maximum absolute atomic E-state index is 13.7. The molecule has 7 nitrogen and oxygen atoms in total. The number of rotatable bonds is 4. The standard InChI is InChI=1S/C20H21F3N4O3/c1-13-4-3-5-15(18(13)27(29)30)19(28)24-17-7-6-14(12-16(17)20(21,22)23)26-10-8-25(2)9-11-26/h3-7,12H,8-11H2,1-2H3,(H,24,28). The Balaban J connectivity index is 1.94. The number of halogens is 3. The number of anilines is 2. The molecule has 0 aromatic heterocycles. The highest BCUT2D eigenvalue weighted by atomic mass is 19.4. The molecular formula is C20H21F3N4O3. The predicted octanol–water partition coefficient (Wildman–Crippen LogP) is 3.93. The Morgan fingerprint density at radius 2 is 1.80 bits per heavy atom. The van der Waals surface area contributed by atoms with Gasteiger partial charge in [-0.1, -0.05) is 12.1 Å². The molecule has 0 saturated carbocycles. The van der Waals surface area contributed by atoms with Crippen LogP contribution in [0.1, 0.15) is 21.5 Å². The first kappa shape index (κ1) is 21.6. The van der Waals surface area contributed by atoms with Crippen LogP contribution in [0, 0.1) is 17.0 Å². The molecule has 2 aromatic rings. The number of para-hydroxylation sites is 1. The summed E-state index contributed by atoms with van der Waals surface area (Å²) in [6.07, 6.45) is -4.70. The minimum absolute atomic E-state index is 0.245. The third-order valence-corrected chi connectivity index (χ3v) is 5.09. The number of aryl methyl sites for hydroxylation is 1. The van der Waals surface area contributed by atoms with Gasteiger partial charge in [0.1, 0.15) is 5.56 Å². The smallest absolute Gasteiger partial charge is 0.369 e. The first-order valence-corrected chi connectivity index (χ1v) is 9.28. The minimum atomic E-state index is -4.70. The van der Waals surface area contributed by atoms with Crippen LogP contribution in [-0.2, 0) is 6.18 Å². The molecule has 1 saturated heterocycles. The van der Waals surface area contributed by atoms with Crippen molar-refractivity contribution in [3.05, 3.63) is 63.2 Å². The number of amides is 1. The Morgan fingerprint density at radius 3 is 2.40 bits per heavy atom. The normalized spacial score (nSPS) is 15.2. The molecule has 0 radical (unpaired) electrons. The molecule has 0 atom stereocenters. The Labute approximate surface area is 171 Å². The van der Waals surface area contributed by atoms with E-state index in [-0.39, 0.29) is 11.1 Å². The number of hydrogen-bond donors (Lipinski definition) is 1. The van der Waals surface area contributed by atoms with Crippen LogP contribution in [0.15, 0.2) is 36.4 Å². The van der Waals surface area contributed by atoms with Gasteiger partial charge in [0.05, 0.1) is 16.2 Å². The molecule has 0 bridgehead atoms. The third-order valence-electron chi connectivity index (χ3n) is 5.09. The van der Waals surface area contributed by atoms with E-state index in [2.05, 4.69) is 10.2 Å². The van der Waals surface area contributed by atoms with Crippen molar-refractivity contribution in [1.29, 1.82) is 0 Å². The topological polar surface area (TPSA) is 78.7 Å². The molecular weight excluding hydrogens is 401 g/mol. The number of carbonyl (C=O) groups excluding carboxylic acids is 1. The first-order chi connectivity index (χ1) is 14.1. The molecule has 1 fully saturated rings. The van der Waals surface area contributed by atoms with Gasteiger partial charge in [-0.2, -0.15) is 13.2 Å². The summed E-state index contributed by atoms with van der Waals surface area (Å²) in [5.74, 6) is -0.969. The van der Waals surface area contributed by atoms with E-state index in [4.69, 9.17) is 0 Å². The lowest BCUT2D eigenvalue weighted by Crippen LogP contribution is -2.44. The lowest BCUT2D eigenvalue weighted by atomic mass is 10.1. The van der Waals surface area contributed by atoms with Gasteiger partial charge < -0.3 is 15.1 Å². The zero-order chi connectivity index (χ0) is 22.1. The second-order valence-electron chi connectivity index (χ2n) is 7.20. The number of benzene rings is 2. The van der Waals surface area contributed by atoms with E-state index >= 15 is 0 Å². The van der Waals surface area contributed by atoms with Crippen LogP contribution in [0.25, 0.3) is 0 Å². The number of alkyl halides is 3. The van der Waals surface area contributed by atoms with Crippen molar-refractivity contribution in [2.24, 2.45) is 0 Å². The molecule has 2 aromatic carbocycles. The highest BCUT2D eigenvalue weighted by molar-refractivity contribution is 6.07. The maximum atomic E-state index is 13.7. The lowest BCUT2D eigenvalue weighted by molar-refractivity contribution is -0.385. The molecule has 1 N–H and O–H groups in total. The number of carbonyl (C=O) groups is 1. The van der Waals surface area contributed by atoms with Crippen LogP contribution in [0.4, 0.5) is 30.2 Å². The van der Waals surface area contributed by atoms with Crippen LogP contribution < -0.4 is 10.2 Å². The average Bonchev–Trinajstić information content (AvgIpc) is 2.67. The summed E-state index contributed by atoms with van der Waals surface area (Å²) in [5.41, 5.74) is -1.51. The van der Waals surface area contributed by atoms with Crippen molar-refractivity contribution in [2.75, 3.05) is 43.4 Å². The first-order valence-electron chi connectivity index (χ1n) is 9.28. The van der Waals surface area contributed by atoms with Crippen molar-refractivity contribution < 1.29 is 22.9 Å². The summed E-state index contributed by atoms with van der Waals surface area (Å²) in [5, 5.41) is 13.5. The highest BCUT2D eigenvalue weighted by Crippen LogP contribution is 2.38. The van der Waals surface area contributed by atoms with E-state index in [0.717, 1.165) is 19.2 Å². The number of nitro groups is 1. The van der Waals surface area contributed by atoms with E-state index in [1.807, 2.05) is 11.9 Å². The zero-order valence-corrected chi connectivity index (χ0v) is 16.5. The lowest BCUT2D eigenvalue weighted by Gasteiger charge is -2.34. The molecule has 3 rings (SSSR count). The second-order valence-corrected chi connectivity index (χ2v) is 7.20. The van der Waals surface area contributed by atoms with E-state index in [0.29, 0.717) is 18.8 Å². The van der Waals surface area contributed by atoms with E-state index in [1.54, 1.807) is 0 Å². The molecule has 1 heterocycles. The van der Waals surface area contributed by atoms with Gasteiger partial charge >= 0.3 is 6.18 Å². The van der Waals surface area contributed by atoms with Gasteiger partial charge in [0, 0.05) is 37.4 Å². The summed E-state index contributed by atoms with van der Waals surface area (Å²) in [6.45, 7) is 4.11. The summed E-state index contributed by atoms with van der Waals surface area (Å²) >= 11 is 0. The fourth-order valence-electron chi connectivity index (χ4n) is 3.41. The molecule has 1 aliphatic rings. The fourth-order valence-corrected chi connectivity index (χ4v) is 3.41. The van der Waals surface area contributed by atoms with Crippen LogP contribution >= 0.6 is 0 Å². The van der Waals surface area contributed by atoms with Crippen molar-refractivity contribution in [1.82, 2.24) is 4.90 Å². The summed E-state index contributed by atoms with van der Waals surface area (Å²) < 4.78 is 41.1. The fraction of sp³-hybridized carbons (Fsp3) is 0.350. The van der Waals surface area contributed by atoms with Crippen molar-refractivity contribution in [3.63, 3.8) is 0 Å². The third kappa shape index (κ3) is 4.54. The second kappa shape index (κ2) is 8.31. The van der Waals surface area contributed by atoms with Crippen LogP contribution in [-0.4, -0.2) is 49.0 Å². The zero-order valence-electron chi connectivity index (χ0n) is 16.5. The molecule has 160 valence electrons. The number of nitrogens with one attached hydrogen (secondary N) is 1. The van der Waals surface area contributed by atoms with Crippen molar-refractivity contribution in [2.45, 2.75) is 13.1 Å². The predicted molar refractivity (Wildman–Crippen MR) is 107 cm³/mol. The van der Waals surface area contributed by atoms with Gasteiger partial charge in [-0.3, -0.25) is 14.9 Å². The van der Waals surface area contributed by atoms with Crippen LogP contribution in [0.5, 0.6) is 0 Å². The molecule has 10 heteroatoms. The quantitative estimate of drug-likeness (QED) is 0.597. The highest BCUT2D eigenvalue weighted by Gasteiger charge is 2.35. The number of hydrogen-bond acceptors (Lipinski definition) is 5. The van der Waals surface area contributed by atoms with Crippen LogP contribution in [0.2, 0.25) is 0 Å². The molecule has 0 unspecified atom stereocenters. The van der Waals surface area contributed by atoms with Gasteiger partial charge in [-0.15, -0.1) is 0 Å². The van der Waals surface area contributed by atoms with Crippen molar-refractivity contribution >= 4 is 23.0 Å². The van der Waals surface area contributed by atoms with Crippen LogP contribution in [0.3, 0.4) is 0 Å². The molecule has 1 amide bonds. The Hall–Kier alpha value is -3.14. The monoisotopic (exact) mass is 422 g/mol. The SMILES string of the molecule is Cc1cccc(C(=O)Nc2ccc(N3CCN(C)CC3)cc2C(F)(F)F)c1[N+](=O)[O-]. The van der Waals surface area contributed by atoms with Gasteiger partial charge in [-0.25, -0.2) is 0 Å². The number of piperazine rings is 1. The average molecular weight is 422 g/mol. The van der Waals surface area contributed by atoms with E-state index in [9.17, 15) is 28.1 Å². The van der Waals surface area contributed by atoms with E-state index in [1.165, 1.54) is 37.3 Å². The Bertz CT molecular complexity index is 970. The van der Waals surface area contributed by atoms with Gasteiger partial charge in [-0.05, 0) is 38.2 Å². The van der Waals surface area contributed by atoms with Gasteiger partial charge in [0.2, 0.25) is 0 Å². The number of nitro benzene ring substituents is 1. The Kier molecular flexibility index (Phi) is 5.97. The molecule has 0 aliphatic carbocycles. The number of nitrogens with zero attached hydrogens (tertiary/aromatic N) is 3. The summed E-state index contributed by atoms with van der Waals surface area (Å²) in [6, 6.07) is 7.83. The van der Waals surface area contributed by atoms with Gasteiger partial charge in [0.15, 0.2) is 0 Å². The van der Waals surface area contributed by atoms with Gasteiger partial charge in [0.25, 0.3) is 11.6 Å². The maximum Gasteiger partial charge on any atom is 0.418 e. The van der Waals surface area contributed by atoms with Crippen molar-refractivity contribution in [3.8, 4) is 0 Å².